The van der Waals surface area contributed by atoms with E-state index in [9.17, 15) is 0 Å². The van der Waals surface area contributed by atoms with Crippen LogP contribution in [-0.4, -0.2) is 29.7 Å². The highest BCUT2D eigenvalue weighted by Gasteiger charge is 2.24. The van der Waals surface area contributed by atoms with E-state index in [2.05, 4.69) is 21.4 Å². The zero-order valence-electron chi connectivity index (χ0n) is 11.5. The molecule has 106 valence electrons. The van der Waals surface area contributed by atoms with Crippen molar-refractivity contribution < 1.29 is 4.52 Å². The number of aromatic nitrogens is 1. The molecule has 0 aliphatic carbocycles. The molecule has 0 saturated carbocycles. The van der Waals surface area contributed by atoms with Crippen LogP contribution in [0.1, 0.15) is 23.1 Å². The SMILES string of the molecule is Cc1cc(CN2CCNCC2c2cccc(Cl)c2)on1. The number of benzene rings is 1. The molecule has 0 spiro atoms. The fraction of sp³-hybridized carbons (Fsp3) is 0.400. The number of piperazine rings is 1. The number of hydrogen-bond donors (Lipinski definition) is 1. The third-order valence-corrected chi connectivity index (χ3v) is 3.86. The Hall–Kier alpha value is -1.36. The van der Waals surface area contributed by atoms with Crippen LogP contribution in [0.25, 0.3) is 0 Å². The van der Waals surface area contributed by atoms with E-state index in [4.69, 9.17) is 16.1 Å². The molecule has 2 heterocycles. The van der Waals surface area contributed by atoms with Crippen LogP contribution in [0.2, 0.25) is 5.02 Å². The molecule has 0 radical (unpaired) electrons. The van der Waals surface area contributed by atoms with Gasteiger partial charge in [-0.25, -0.2) is 0 Å². The van der Waals surface area contributed by atoms with Crippen molar-refractivity contribution in [3.05, 3.63) is 52.4 Å². The van der Waals surface area contributed by atoms with Crippen LogP contribution in [0.5, 0.6) is 0 Å². The summed E-state index contributed by atoms with van der Waals surface area (Å²) in [5, 5.41) is 8.18. The van der Waals surface area contributed by atoms with Crippen molar-refractivity contribution >= 4 is 11.6 Å². The molecule has 3 rings (SSSR count). The molecule has 2 aromatic rings. The van der Waals surface area contributed by atoms with Gasteiger partial charge in [-0.3, -0.25) is 4.90 Å². The Morgan fingerprint density at radius 2 is 2.35 bits per heavy atom. The summed E-state index contributed by atoms with van der Waals surface area (Å²) in [4.78, 5) is 2.40. The summed E-state index contributed by atoms with van der Waals surface area (Å²) < 4.78 is 5.34. The Morgan fingerprint density at radius 1 is 1.45 bits per heavy atom. The zero-order chi connectivity index (χ0) is 13.9. The minimum absolute atomic E-state index is 0.313. The highest BCUT2D eigenvalue weighted by Crippen LogP contribution is 2.26. The Balaban J connectivity index is 1.80. The molecule has 0 amide bonds. The fourth-order valence-corrected chi connectivity index (χ4v) is 2.87. The summed E-state index contributed by atoms with van der Waals surface area (Å²) in [6, 6.07) is 10.4. The molecule has 1 aromatic heterocycles. The number of halogens is 1. The molecule has 1 atom stereocenters. The molecular formula is C15H18ClN3O. The molecule has 20 heavy (non-hydrogen) atoms. The van der Waals surface area contributed by atoms with Crippen molar-refractivity contribution in [3.63, 3.8) is 0 Å². The Labute approximate surface area is 123 Å². The predicted molar refractivity (Wildman–Crippen MR) is 78.7 cm³/mol. The van der Waals surface area contributed by atoms with Crippen molar-refractivity contribution in [3.8, 4) is 0 Å². The van der Waals surface area contributed by atoms with Crippen molar-refractivity contribution in [2.45, 2.75) is 19.5 Å². The smallest absolute Gasteiger partial charge is 0.150 e. The molecule has 5 heteroatoms. The Kier molecular flexibility index (Phi) is 4.05. The van der Waals surface area contributed by atoms with Crippen LogP contribution >= 0.6 is 11.6 Å². The second kappa shape index (κ2) is 5.95. The largest absolute Gasteiger partial charge is 0.360 e. The first-order valence-corrected chi connectivity index (χ1v) is 7.22. The van der Waals surface area contributed by atoms with Crippen molar-refractivity contribution in [1.82, 2.24) is 15.4 Å². The van der Waals surface area contributed by atoms with Crippen LogP contribution in [0.15, 0.2) is 34.9 Å². The molecule has 1 unspecified atom stereocenters. The molecule has 1 N–H and O–H groups in total. The van der Waals surface area contributed by atoms with Gasteiger partial charge in [-0.05, 0) is 24.6 Å². The van der Waals surface area contributed by atoms with Gasteiger partial charge in [0.2, 0.25) is 0 Å². The van der Waals surface area contributed by atoms with Gasteiger partial charge in [0.25, 0.3) is 0 Å². The number of rotatable bonds is 3. The minimum Gasteiger partial charge on any atom is -0.360 e. The van der Waals surface area contributed by atoms with Gasteiger partial charge < -0.3 is 9.84 Å². The maximum Gasteiger partial charge on any atom is 0.150 e. The highest BCUT2D eigenvalue weighted by molar-refractivity contribution is 6.30. The van der Waals surface area contributed by atoms with E-state index in [-0.39, 0.29) is 0 Å². The van der Waals surface area contributed by atoms with Crippen LogP contribution < -0.4 is 5.32 Å². The first-order chi connectivity index (χ1) is 9.72. The molecule has 0 bridgehead atoms. The quantitative estimate of drug-likeness (QED) is 0.944. The van der Waals surface area contributed by atoms with Crippen LogP contribution in [0, 0.1) is 6.92 Å². The predicted octanol–water partition coefficient (Wildman–Crippen LogP) is 2.78. The number of hydrogen-bond acceptors (Lipinski definition) is 4. The van der Waals surface area contributed by atoms with E-state index >= 15 is 0 Å². The molecule has 1 saturated heterocycles. The van der Waals surface area contributed by atoms with E-state index in [0.29, 0.717) is 6.04 Å². The normalized spacial score (nSPS) is 20.2. The zero-order valence-corrected chi connectivity index (χ0v) is 12.2. The van der Waals surface area contributed by atoms with Crippen molar-refractivity contribution in [1.29, 1.82) is 0 Å². The van der Waals surface area contributed by atoms with Crippen molar-refractivity contribution in [2.75, 3.05) is 19.6 Å². The summed E-state index contributed by atoms with van der Waals surface area (Å²) in [6.07, 6.45) is 0. The molecule has 1 aliphatic heterocycles. The maximum atomic E-state index is 6.11. The third kappa shape index (κ3) is 3.03. The maximum absolute atomic E-state index is 6.11. The number of nitrogens with zero attached hydrogens (tertiary/aromatic N) is 2. The van der Waals surface area contributed by atoms with Gasteiger partial charge in [0.1, 0.15) is 0 Å². The summed E-state index contributed by atoms with van der Waals surface area (Å²) in [5.41, 5.74) is 2.16. The first-order valence-electron chi connectivity index (χ1n) is 6.85. The van der Waals surface area contributed by atoms with Gasteiger partial charge in [-0.1, -0.05) is 28.9 Å². The number of aryl methyl sites for hydroxylation is 1. The Morgan fingerprint density at radius 3 is 3.10 bits per heavy atom. The average Bonchev–Trinajstić information content (AvgIpc) is 2.85. The molecule has 4 nitrogen and oxygen atoms in total. The van der Waals surface area contributed by atoms with E-state index in [1.54, 1.807) is 0 Å². The van der Waals surface area contributed by atoms with E-state index in [1.807, 2.05) is 31.2 Å². The lowest BCUT2D eigenvalue weighted by Gasteiger charge is -2.35. The lowest BCUT2D eigenvalue weighted by molar-refractivity contribution is 0.138. The second-order valence-electron chi connectivity index (χ2n) is 5.18. The second-order valence-corrected chi connectivity index (χ2v) is 5.62. The molecule has 1 fully saturated rings. The lowest BCUT2D eigenvalue weighted by Crippen LogP contribution is -2.45. The van der Waals surface area contributed by atoms with Crippen LogP contribution in [-0.2, 0) is 6.54 Å². The van der Waals surface area contributed by atoms with Gasteiger partial charge in [-0.2, -0.15) is 0 Å². The monoisotopic (exact) mass is 291 g/mol. The first kappa shape index (κ1) is 13.6. The summed E-state index contributed by atoms with van der Waals surface area (Å²) in [7, 11) is 0. The van der Waals surface area contributed by atoms with Gasteiger partial charge in [0.15, 0.2) is 5.76 Å². The van der Waals surface area contributed by atoms with E-state index in [0.717, 1.165) is 42.7 Å². The lowest BCUT2D eigenvalue weighted by atomic mass is 10.0. The summed E-state index contributed by atoms with van der Waals surface area (Å²) in [5.74, 6) is 0.913. The number of nitrogens with one attached hydrogen (secondary N) is 1. The van der Waals surface area contributed by atoms with E-state index < -0.39 is 0 Å². The molecule has 1 aliphatic rings. The average molecular weight is 292 g/mol. The molecule has 1 aromatic carbocycles. The summed E-state index contributed by atoms with van der Waals surface area (Å²) >= 11 is 6.11. The summed E-state index contributed by atoms with van der Waals surface area (Å²) in [6.45, 7) is 5.62. The van der Waals surface area contributed by atoms with Gasteiger partial charge in [0, 0.05) is 36.8 Å². The molecular weight excluding hydrogens is 274 g/mol. The van der Waals surface area contributed by atoms with Crippen LogP contribution in [0.4, 0.5) is 0 Å². The van der Waals surface area contributed by atoms with Gasteiger partial charge in [0.05, 0.1) is 12.2 Å². The highest BCUT2D eigenvalue weighted by atomic mass is 35.5. The minimum atomic E-state index is 0.313. The third-order valence-electron chi connectivity index (χ3n) is 3.62. The Bertz CT molecular complexity index is 584. The van der Waals surface area contributed by atoms with E-state index in [1.165, 1.54) is 5.56 Å². The van der Waals surface area contributed by atoms with Crippen molar-refractivity contribution in [2.24, 2.45) is 0 Å². The van der Waals surface area contributed by atoms with Crippen LogP contribution in [0.3, 0.4) is 0 Å². The standard InChI is InChI=1S/C15H18ClN3O/c1-11-7-14(20-18-11)10-19-6-5-17-9-15(19)12-3-2-4-13(16)8-12/h2-4,7-8,15,17H,5-6,9-10H2,1H3. The van der Waals surface area contributed by atoms with Gasteiger partial charge in [-0.15, -0.1) is 0 Å². The fourth-order valence-electron chi connectivity index (χ4n) is 2.67. The van der Waals surface area contributed by atoms with Gasteiger partial charge >= 0.3 is 0 Å². The topological polar surface area (TPSA) is 41.3 Å².